The Kier molecular flexibility index (Phi) is 5.09. The lowest BCUT2D eigenvalue weighted by Gasteiger charge is -2.24. The van der Waals surface area contributed by atoms with E-state index in [2.05, 4.69) is 4.98 Å². The van der Waals surface area contributed by atoms with Crippen molar-refractivity contribution in [1.82, 2.24) is 9.88 Å². The van der Waals surface area contributed by atoms with Crippen LogP contribution in [-0.2, 0) is 9.53 Å². The van der Waals surface area contributed by atoms with Crippen molar-refractivity contribution in [2.45, 2.75) is 25.0 Å². The highest BCUT2D eigenvalue weighted by molar-refractivity contribution is 6.32. The van der Waals surface area contributed by atoms with Crippen molar-refractivity contribution < 1.29 is 14.3 Å². The Morgan fingerprint density at radius 2 is 2.12 bits per heavy atom. The first kappa shape index (κ1) is 17.3. The van der Waals surface area contributed by atoms with Gasteiger partial charge in [-0.2, -0.15) is 0 Å². The van der Waals surface area contributed by atoms with Crippen LogP contribution in [0.1, 0.15) is 24.5 Å². The molecule has 0 aliphatic carbocycles. The highest BCUT2D eigenvalue weighted by atomic mass is 35.5. The lowest BCUT2D eigenvalue weighted by atomic mass is 9.95. The van der Waals surface area contributed by atoms with Crippen LogP contribution >= 0.6 is 11.6 Å². The van der Waals surface area contributed by atoms with Gasteiger partial charge in [0.25, 0.3) is 0 Å². The van der Waals surface area contributed by atoms with Crippen LogP contribution < -0.4 is 4.74 Å². The second-order valence-electron chi connectivity index (χ2n) is 6.72. The summed E-state index contributed by atoms with van der Waals surface area (Å²) in [6, 6.07) is 11.3. The first-order chi connectivity index (χ1) is 12.7. The molecule has 0 spiro atoms. The first-order valence-corrected chi connectivity index (χ1v) is 9.31. The van der Waals surface area contributed by atoms with Gasteiger partial charge in [-0.15, -0.1) is 0 Å². The van der Waals surface area contributed by atoms with Crippen molar-refractivity contribution >= 4 is 17.5 Å². The zero-order chi connectivity index (χ0) is 17.9. The summed E-state index contributed by atoms with van der Waals surface area (Å²) in [4.78, 5) is 19.1. The minimum atomic E-state index is -0.209. The SMILES string of the molecule is O=C([C@H]1CCO[C@@H]1c1cccnc1)N1CCC(Oc2ccccc2Cl)C1. The maximum absolute atomic E-state index is 13.0. The van der Waals surface area contributed by atoms with E-state index in [1.165, 1.54) is 0 Å². The van der Waals surface area contributed by atoms with Crippen LogP contribution in [0.5, 0.6) is 5.75 Å². The van der Waals surface area contributed by atoms with E-state index in [1.807, 2.05) is 41.3 Å². The lowest BCUT2D eigenvalue weighted by molar-refractivity contribution is -0.136. The van der Waals surface area contributed by atoms with Crippen molar-refractivity contribution in [3.63, 3.8) is 0 Å². The Balaban J connectivity index is 1.40. The number of carbonyl (C=O) groups excluding carboxylic acids is 1. The van der Waals surface area contributed by atoms with Gasteiger partial charge in [0.2, 0.25) is 5.91 Å². The van der Waals surface area contributed by atoms with Crippen molar-refractivity contribution in [3.05, 3.63) is 59.4 Å². The number of carbonyl (C=O) groups is 1. The number of aromatic nitrogens is 1. The van der Waals surface area contributed by atoms with Gasteiger partial charge in [-0.25, -0.2) is 0 Å². The number of amides is 1. The smallest absolute Gasteiger partial charge is 0.228 e. The maximum atomic E-state index is 13.0. The molecule has 0 saturated carbocycles. The molecule has 2 saturated heterocycles. The molecule has 3 heterocycles. The van der Waals surface area contributed by atoms with Gasteiger partial charge in [0.05, 0.1) is 23.6 Å². The molecule has 1 amide bonds. The Morgan fingerprint density at radius 3 is 2.92 bits per heavy atom. The monoisotopic (exact) mass is 372 g/mol. The molecule has 6 heteroatoms. The molecule has 1 aromatic carbocycles. The van der Waals surface area contributed by atoms with Gasteiger partial charge in [-0.1, -0.05) is 29.8 Å². The molecule has 2 aromatic rings. The summed E-state index contributed by atoms with van der Waals surface area (Å²) in [6.45, 7) is 1.88. The van der Waals surface area contributed by atoms with Crippen LogP contribution in [0, 0.1) is 5.92 Å². The minimum Gasteiger partial charge on any atom is -0.487 e. The Bertz CT molecular complexity index is 771. The standard InChI is InChI=1S/C20H21ClN2O3/c21-17-5-1-2-6-18(17)26-15-7-10-23(13-15)20(24)16-8-11-25-19(16)14-4-3-9-22-12-14/h1-6,9,12,15-16,19H,7-8,10-11,13H2/t15?,16-,19+/m0/s1. The Morgan fingerprint density at radius 1 is 1.23 bits per heavy atom. The number of benzene rings is 1. The van der Waals surface area contributed by atoms with Gasteiger partial charge in [-0.05, 0) is 30.2 Å². The largest absolute Gasteiger partial charge is 0.487 e. The molecular formula is C20H21ClN2O3. The van der Waals surface area contributed by atoms with Crippen molar-refractivity contribution in [2.24, 2.45) is 5.92 Å². The average Bonchev–Trinajstić information content (AvgIpc) is 3.33. The number of rotatable bonds is 4. The minimum absolute atomic E-state index is 0.0296. The molecule has 2 aliphatic heterocycles. The Labute approximate surface area is 157 Å². The number of ether oxygens (including phenoxy) is 2. The number of halogens is 1. The fraction of sp³-hybridized carbons (Fsp3) is 0.400. The van der Waals surface area contributed by atoms with Gasteiger partial charge >= 0.3 is 0 Å². The number of nitrogens with zero attached hydrogens (tertiary/aromatic N) is 2. The predicted molar refractivity (Wildman–Crippen MR) is 98.1 cm³/mol. The van der Waals surface area contributed by atoms with Crippen molar-refractivity contribution in [1.29, 1.82) is 0 Å². The molecule has 2 aliphatic rings. The summed E-state index contributed by atoms with van der Waals surface area (Å²) >= 11 is 6.16. The van der Waals surface area contributed by atoms with Crippen LogP contribution in [-0.4, -0.2) is 41.6 Å². The third kappa shape index (κ3) is 3.55. The van der Waals surface area contributed by atoms with Gasteiger partial charge in [0.15, 0.2) is 0 Å². The van der Waals surface area contributed by atoms with Crippen LogP contribution in [0.4, 0.5) is 0 Å². The number of para-hydroxylation sites is 1. The molecule has 3 atom stereocenters. The van der Waals surface area contributed by atoms with Crippen molar-refractivity contribution in [3.8, 4) is 5.75 Å². The highest BCUT2D eigenvalue weighted by Gasteiger charge is 2.40. The summed E-state index contributed by atoms with van der Waals surface area (Å²) in [5.74, 6) is 0.658. The van der Waals surface area contributed by atoms with Gasteiger partial charge in [0.1, 0.15) is 11.9 Å². The predicted octanol–water partition coefficient (Wildman–Crippen LogP) is 3.49. The number of hydrogen-bond acceptors (Lipinski definition) is 4. The van der Waals surface area contributed by atoms with Crippen LogP contribution in [0.15, 0.2) is 48.8 Å². The van der Waals surface area contributed by atoms with Crippen molar-refractivity contribution in [2.75, 3.05) is 19.7 Å². The molecular weight excluding hydrogens is 352 g/mol. The molecule has 2 fully saturated rings. The summed E-state index contributed by atoms with van der Waals surface area (Å²) in [5, 5.41) is 0.595. The Hall–Kier alpha value is -2.11. The third-order valence-electron chi connectivity index (χ3n) is 5.01. The lowest BCUT2D eigenvalue weighted by Crippen LogP contribution is -2.36. The summed E-state index contributed by atoms with van der Waals surface area (Å²) in [6.07, 6.45) is 4.82. The van der Waals surface area contributed by atoms with E-state index in [4.69, 9.17) is 21.1 Å². The second-order valence-corrected chi connectivity index (χ2v) is 7.12. The molecule has 5 nitrogen and oxygen atoms in total. The summed E-state index contributed by atoms with van der Waals surface area (Å²) in [7, 11) is 0. The van der Waals surface area contributed by atoms with E-state index >= 15 is 0 Å². The van der Waals surface area contributed by atoms with Gasteiger partial charge in [0, 0.05) is 32.0 Å². The van der Waals surface area contributed by atoms with E-state index in [1.54, 1.807) is 12.4 Å². The van der Waals surface area contributed by atoms with Gasteiger partial charge < -0.3 is 14.4 Å². The van der Waals surface area contributed by atoms with Crippen LogP contribution in [0.25, 0.3) is 0 Å². The molecule has 4 rings (SSSR count). The number of hydrogen-bond donors (Lipinski definition) is 0. The first-order valence-electron chi connectivity index (χ1n) is 8.94. The molecule has 0 bridgehead atoms. The van der Waals surface area contributed by atoms with E-state index < -0.39 is 0 Å². The number of pyridine rings is 1. The quantitative estimate of drug-likeness (QED) is 0.824. The zero-order valence-corrected chi connectivity index (χ0v) is 15.1. The molecule has 0 N–H and O–H groups in total. The average molecular weight is 373 g/mol. The normalized spacial score (nSPS) is 25.4. The zero-order valence-electron chi connectivity index (χ0n) is 14.4. The molecule has 0 radical (unpaired) electrons. The number of likely N-dealkylation sites (tertiary alicyclic amines) is 1. The molecule has 1 unspecified atom stereocenters. The maximum Gasteiger partial charge on any atom is 0.228 e. The topological polar surface area (TPSA) is 51.7 Å². The molecule has 136 valence electrons. The van der Waals surface area contributed by atoms with Crippen LogP contribution in [0.2, 0.25) is 5.02 Å². The molecule has 26 heavy (non-hydrogen) atoms. The fourth-order valence-electron chi connectivity index (χ4n) is 3.69. The van der Waals surface area contributed by atoms with E-state index in [-0.39, 0.29) is 24.0 Å². The highest BCUT2D eigenvalue weighted by Crippen LogP contribution is 2.36. The molecule has 1 aromatic heterocycles. The third-order valence-corrected chi connectivity index (χ3v) is 5.32. The van der Waals surface area contributed by atoms with E-state index in [0.717, 1.165) is 18.4 Å². The summed E-state index contributed by atoms with van der Waals surface area (Å²) < 4.78 is 11.8. The van der Waals surface area contributed by atoms with E-state index in [9.17, 15) is 4.79 Å². The van der Waals surface area contributed by atoms with E-state index in [0.29, 0.717) is 30.5 Å². The second kappa shape index (κ2) is 7.64. The van der Waals surface area contributed by atoms with Gasteiger partial charge in [-0.3, -0.25) is 9.78 Å². The summed E-state index contributed by atoms with van der Waals surface area (Å²) in [5.41, 5.74) is 0.964. The van der Waals surface area contributed by atoms with Crippen LogP contribution in [0.3, 0.4) is 0 Å². The fourth-order valence-corrected chi connectivity index (χ4v) is 3.87.